The van der Waals surface area contributed by atoms with Crippen LogP contribution in [0.15, 0.2) is 24.3 Å². The minimum atomic E-state index is -0.764. The molecule has 3 heteroatoms. The van der Waals surface area contributed by atoms with E-state index in [9.17, 15) is 4.79 Å². The summed E-state index contributed by atoms with van der Waals surface area (Å²) in [6.45, 7) is 1.97. The second kappa shape index (κ2) is 5.51. The highest BCUT2D eigenvalue weighted by molar-refractivity contribution is 5.67. The van der Waals surface area contributed by atoms with Crippen LogP contribution in [-0.4, -0.2) is 18.2 Å². The monoisotopic (exact) mass is 208 g/mol. The molecule has 0 amide bonds. The van der Waals surface area contributed by atoms with E-state index in [4.69, 9.17) is 9.84 Å². The minimum Gasteiger partial charge on any atom is -0.481 e. The molecule has 0 saturated heterocycles. The zero-order chi connectivity index (χ0) is 11.3. The molecule has 1 rings (SSSR count). The standard InChI is InChI=1S/C12H16O3/c1-9(15-2)11-5-3-4-10(8-11)6-7-12(13)14/h3-5,8-9H,6-7H2,1-2H3,(H,13,14). The van der Waals surface area contributed by atoms with Crippen LogP contribution in [0.5, 0.6) is 0 Å². The molecule has 15 heavy (non-hydrogen) atoms. The van der Waals surface area contributed by atoms with Crippen molar-refractivity contribution in [2.45, 2.75) is 25.9 Å². The van der Waals surface area contributed by atoms with Crippen molar-refractivity contribution in [1.29, 1.82) is 0 Å². The van der Waals surface area contributed by atoms with Crippen LogP contribution in [0, 0.1) is 0 Å². The maximum absolute atomic E-state index is 10.4. The number of hydrogen-bond donors (Lipinski definition) is 1. The lowest BCUT2D eigenvalue weighted by atomic mass is 10.0. The van der Waals surface area contributed by atoms with Crippen molar-refractivity contribution in [3.05, 3.63) is 35.4 Å². The molecule has 1 atom stereocenters. The molecule has 82 valence electrons. The van der Waals surface area contributed by atoms with Crippen LogP contribution >= 0.6 is 0 Å². The van der Waals surface area contributed by atoms with Gasteiger partial charge >= 0.3 is 5.97 Å². The molecule has 0 radical (unpaired) electrons. The number of carboxylic acids is 1. The lowest BCUT2D eigenvalue weighted by Gasteiger charge is -2.10. The fourth-order valence-corrected chi connectivity index (χ4v) is 1.39. The first-order chi connectivity index (χ1) is 7.13. The number of aliphatic carboxylic acids is 1. The second-order valence-corrected chi connectivity index (χ2v) is 3.52. The summed E-state index contributed by atoms with van der Waals surface area (Å²) in [5.74, 6) is -0.764. The Morgan fingerprint density at radius 3 is 2.87 bits per heavy atom. The van der Waals surface area contributed by atoms with Gasteiger partial charge < -0.3 is 9.84 Å². The predicted octanol–water partition coefficient (Wildman–Crippen LogP) is 2.41. The van der Waals surface area contributed by atoms with Crippen LogP contribution in [0.25, 0.3) is 0 Å². The van der Waals surface area contributed by atoms with Gasteiger partial charge in [-0.2, -0.15) is 0 Å². The van der Waals surface area contributed by atoms with Crippen LogP contribution in [0.1, 0.15) is 30.6 Å². The quantitative estimate of drug-likeness (QED) is 0.808. The topological polar surface area (TPSA) is 46.5 Å². The molecule has 0 heterocycles. The van der Waals surface area contributed by atoms with Gasteiger partial charge in [-0.05, 0) is 24.5 Å². The van der Waals surface area contributed by atoms with E-state index in [-0.39, 0.29) is 12.5 Å². The van der Waals surface area contributed by atoms with Gasteiger partial charge in [-0.3, -0.25) is 4.79 Å². The number of methoxy groups -OCH3 is 1. The van der Waals surface area contributed by atoms with E-state index < -0.39 is 5.97 Å². The Balaban J connectivity index is 2.69. The molecule has 0 fully saturated rings. The van der Waals surface area contributed by atoms with E-state index in [1.165, 1.54) is 0 Å². The lowest BCUT2D eigenvalue weighted by Crippen LogP contribution is -2.00. The fourth-order valence-electron chi connectivity index (χ4n) is 1.39. The molecule has 3 nitrogen and oxygen atoms in total. The van der Waals surface area contributed by atoms with E-state index in [0.717, 1.165) is 11.1 Å². The molecule has 0 aliphatic heterocycles. The minimum absolute atomic E-state index is 0.0507. The van der Waals surface area contributed by atoms with Crippen LogP contribution in [0.2, 0.25) is 0 Å². The maximum Gasteiger partial charge on any atom is 0.303 e. The SMILES string of the molecule is COC(C)c1cccc(CCC(=O)O)c1. The molecule has 1 N–H and O–H groups in total. The van der Waals surface area contributed by atoms with Gasteiger partial charge in [-0.25, -0.2) is 0 Å². The third kappa shape index (κ3) is 3.72. The average molecular weight is 208 g/mol. The Kier molecular flexibility index (Phi) is 4.31. The van der Waals surface area contributed by atoms with Crippen molar-refractivity contribution in [3.8, 4) is 0 Å². The molecule has 1 unspecified atom stereocenters. The summed E-state index contributed by atoms with van der Waals surface area (Å²) in [4.78, 5) is 10.4. The van der Waals surface area contributed by atoms with Gasteiger partial charge in [0.2, 0.25) is 0 Å². The second-order valence-electron chi connectivity index (χ2n) is 3.52. The first-order valence-electron chi connectivity index (χ1n) is 4.97. The third-order valence-electron chi connectivity index (χ3n) is 2.40. The van der Waals surface area contributed by atoms with E-state index in [1.54, 1.807) is 7.11 Å². The van der Waals surface area contributed by atoms with Crippen molar-refractivity contribution in [3.63, 3.8) is 0 Å². The van der Waals surface area contributed by atoms with Gasteiger partial charge in [0.15, 0.2) is 0 Å². The highest BCUT2D eigenvalue weighted by atomic mass is 16.5. The Morgan fingerprint density at radius 2 is 2.27 bits per heavy atom. The zero-order valence-electron chi connectivity index (χ0n) is 9.06. The molecular weight excluding hydrogens is 192 g/mol. The van der Waals surface area contributed by atoms with Gasteiger partial charge in [0.1, 0.15) is 0 Å². The normalized spacial score (nSPS) is 12.4. The highest BCUT2D eigenvalue weighted by Gasteiger charge is 2.05. The molecule has 0 aliphatic carbocycles. The van der Waals surface area contributed by atoms with Gasteiger partial charge in [-0.1, -0.05) is 24.3 Å². The van der Waals surface area contributed by atoms with Crippen molar-refractivity contribution in [2.24, 2.45) is 0 Å². The average Bonchev–Trinajstić information content (AvgIpc) is 2.25. The van der Waals surface area contributed by atoms with E-state index in [1.807, 2.05) is 31.2 Å². The molecule has 0 bridgehead atoms. The molecule has 1 aromatic carbocycles. The number of carbonyl (C=O) groups is 1. The summed E-state index contributed by atoms with van der Waals surface area (Å²) >= 11 is 0. The van der Waals surface area contributed by atoms with E-state index >= 15 is 0 Å². The molecular formula is C12H16O3. The Morgan fingerprint density at radius 1 is 1.53 bits per heavy atom. The molecule has 0 saturated carbocycles. The van der Waals surface area contributed by atoms with Crippen LogP contribution in [0.4, 0.5) is 0 Å². The van der Waals surface area contributed by atoms with Gasteiger partial charge in [0, 0.05) is 13.5 Å². The van der Waals surface area contributed by atoms with Crippen molar-refractivity contribution < 1.29 is 14.6 Å². The maximum atomic E-state index is 10.4. The Hall–Kier alpha value is -1.35. The van der Waals surface area contributed by atoms with Gasteiger partial charge in [0.05, 0.1) is 6.10 Å². The van der Waals surface area contributed by atoms with E-state index in [0.29, 0.717) is 6.42 Å². The number of ether oxygens (including phenoxy) is 1. The summed E-state index contributed by atoms with van der Waals surface area (Å²) < 4.78 is 5.20. The van der Waals surface area contributed by atoms with Crippen LogP contribution in [-0.2, 0) is 16.0 Å². The number of carboxylic acid groups (broad SMARTS) is 1. The summed E-state index contributed by atoms with van der Waals surface area (Å²) in [6, 6.07) is 7.85. The number of rotatable bonds is 5. The first kappa shape index (κ1) is 11.7. The predicted molar refractivity (Wildman–Crippen MR) is 57.8 cm³/mol. The Bertz CT molecular complexity index is 333. The van der Waals surface area contributed by atoms with Gasteiger partial charge in [-0.15, -0.1) is 0 Å². The molecule has 1 aromatic rings. The van der Waals surface area contributed by atoms with Crippen LogP contribution < -0.4 is 0 Å². The summed E-state index contributed by atoms with van der Waals surface area (Å²) in [5.41, 5.74) is 2.12. The van der Waals surface area contributed by atoms with Crippen molar-refractivity contribution in [1.82, 2.24) is 0 Å². The molecule has 0 aliphatic rings. The number of aryl methyl sites for hydroxylation is 1. The molecule has 0 spiro atoms. The first-order valence-corrected chi connectivity index (χ1v) is 4.97. The highest BCUT2D eigenvalue weighted by Crippen LogP contribution is 2.17. The molecule has 0 aromatic heterocycles. The zero-order valence-corrected chi connectivity index (χ0v) is 9.06. The Labute approximate surface area is 89.7 Å². The van der Waals surface area contributed by atoms with Crippen molar-refractivity contribution in [2.75, 3.05) is 7.11 Å². The lowest BCUT2D eigenvalue weighted by molar-refractivity contribution is -0.136. The van der Waals surface area contributed by atoms with E-state index in [2.05, 4.69) is 0 Å². The fraction of sp³-hybridized carbons (Fsp3) is 0.417. The number of benzene rings is 1. The smallest absolute Gasteiger partial charge is 0.303 e. The van der Waals surface area contributed by atoms with Crippen molar-refractivity contribution >= 4 is 5.97 Å². The van der Waals surface area contributed by atoms with Gasteiger partial charge in [0.25, 0.3) is 0 Å². The summed E-state index contributed by atoms with van der Waals surface area (Å²) in [7, 11) is 1.66. The summed E-state index contributed by atoms with van der Waals surface area (Å²) in [6.07, 6.45) is 0.791. The summed E-state index contributed by atoms with van der Waals surface area (Å²) in [5, 5.41) is 8.57. The largest absolute Gasteiger partial charge is 0.481 e. The third-order valence-corrected chi connectivity index (χ3v) is 2.40. The van der Waals surface area contributed by atoms with Crippen LogP contribution in [0.3, 0.4) is 0 Å². The number of hydrogen-bond acceptors (Lipinski definition) is 2.